The van der Waals surface area contributed by atoms with E-state index in [2.05, 4.69) is 10.3 Å². The first-order chi connectivity index (χ1) is 7.84. The molecule has 2 aromatic rings. The van der Waals surface area contributed by atoms with Gasteiger partial charge < -0.3 is 9.73 Å². The molecule has 0 spiro atoms. The molecule has 3 nitrogen and oxygen atoms in total. The summed E-state index contributed by atoms with van der Waals surface area (Å²) in [4.78, 5) is 3.85. The van der Waals surface area contributed by atoms with Crippen LogP contribution >= 0.6 is 11.6 Å². The average Bonchev–Trinajstić information content (AvgIpc) is 2.80. The van der Waals surface area contributed by atoms with E-state index in [1.165, 1.54) is 12.0 Å². The van der Waals surface area contributed by atoms with E-state index in [0.717, 1.165) is 23.7 Å². The lowest BCUT2D eigenvalue weighted by atomic mass is 10.1. The molecule has 1 N–H and O–H groups in total. The second-order valence-corrected chi connectivity index (χ2v) is 3.96. The van der Waals surface area contributed by atoms with Gasteiger partial charge in [-0.3, -0.25) is 0 Å². The van der Waals surface area contributed by atoms with Crippen LogP contribution in [0.2, 0.25) is 5.02 Å². The van der Waals surface area contributed by atoms with Gasteiger partial charge in [0.2, 0.25) is 0 Å². The smallest absolute Gasteiger partial charge is 0.180 e. The quantitative estimate of drug-likeness (QED) is 0.812. The molecule has 1 aromatic carbocycles. The van der Waals surface area contributed by atoms with E-state index in [1.807, 2.05) is 24.3 Å². The molecular formula is C12H13ClN2O. The van der Waals surface area contributed by atoms with Crippen LogP contribution in [0.4, 0.5) is 0 Å². The number of halogens is 1. The number of aromatic nitrogens is 1. The summed E-state index contributed by atoms with van der Waals surface area (Å²) in [6.07, 6.45) is 4.14. The Hall–Kier alpha value is -1.32. The Morgan fingerprint density at radius 1 is 1.25 bits per heavy atom. The van der Waals surface area contributed by atoms with Gasteiger partial charge in [0.05, 0.1) is 12.7 Å². The lowest BCUT2D eigenvalue weighted by Gasteiger charge is -2.02. The van der Waals surface area contributed by atoms with Crippen LogP contribution in [0.3, 0.4) is 0 Å². The van der Waals surface area contributed by atoms with Crippen LogP contribution in [0.15, 0.2) is 41.3 Å². The monoisotopic (exact) mass is 236 g/mol. The fourth-order valence-electron chi connectivity index (χ4n) is 1.42. The Bertz CT molecular complexity index is 411. The number of oxazole rings is 1. The van der Waals surface area contributed by atoms with Crippen LogP contribution in [-0.4, -0.2) is 11.5 Å². The Kier molecular flexibility index (Phi) is 3.97. The van der Waals surface area contributed by atoms with Crippen LogP contribution in [-0.2, 0) is 13.0 Å². The predicted molar refractivity (Wildman–Crippen MR) is 63.4 cm³/mol. The van der Waals surface area contributed by atoms with Gasteiger partial charge in [-0.2, -0.15) is 0 Å². The number of nitrogens with one attached hydrogen (secondary N) is 1. The third-order valence-electron chi connectivity index (χ3n) is 2.29. The highest BCUT2D eigenvalue weighted by Gasteiger charge is 1.96. The first-order valence-corrected chi connectivity index (χ1v) is 5.55. The van der Waals surface area contributed by atoms with Gasteiger partial charge in [-0.25, -0.2) is 4.98 Å². The maximum absolute atomic E-state index is 5.81. The summed E-state index contributed by atoms with van der Waals surface area (Å²) in [7, 11) is 0. The van der Waals surface area contributed by atoms with Crippen LogP contribution in [0.25, 0.3) is 0 Å². The minimum Gasteiger partial charge on any atom is -0.447 e. The zero-order chi connectivity index (χ0) is 11.2. The summed E-state index contributed by atoms with van der Waals surface area (Å²) < 4.78 is 5.11. The third-order valence-corrected chi connectivity index (χ3v) is 2.54. The molecule has 0 aliphatic carbocycles. The van der Waals surface area contributed by atoms with Gasteiger partial charge in [0, 0.05) is 5.02 Å². The molecule has 16 heavy (non-hydrogen) atoms. The number of hydrogen-bond donors (Lipinski definition) is 1. The normalized spacial score (nSPS) is 10.6. The van der Waals surface area contributed by atoms with Crippen molar-refractivity contribution >= 4 is 11.6 Å². The molecule has 0 fully saturated rings. The number of rotatable bonds is 5. The van der Waals surface area contributed by atoms with Gasteiger partial charge in [-0.1, -0.05) is 23.7 Å². The zero-order valence-electron chi connectivity index (χ0n) is 8.82. The van der Waals surface area contributed by atoms with Crippen molar-refractivity contribution in [1.82, 2.24) is 10.3 Å². The summed E-state index contributed by atoms with van der Waals surface area (Å²) in [5, 5.41) is 4.06. The number of nitrogens with zero attached hydrogens (tertiary/aromatic N) is 1. The topological polar surface area (TPSA) is 38.1 Å². The van der Waals surface area contributed by atoms with Crippen molar-refractivity contribution in [2.45, 2.75) is 13.0 Å². The highest BCUT2D eigenvalue weighted by atomic mass is 35.5. The molecule has 84 valence electrons. The lowest BCUT2D eigenvalue weighted by Crippen LogP contribution is -2.16. The molecule has 4 heteroatoms. The molecule has 0 saturated carbocycles. The maximum atomic E-state index is 5.81. The van der Waals surface area contributed by atoms with E-state index in [1.54, 1.807) is 6.20 Å². The summed E-state index contributed by atoms with van der Waals surface area (Å²) in [5.41, 5.74) is 1.27. The molecule has 0 saturated heterocycles. The molecule has 0 aliphatic rings. The Labute approximate surface area is 99.5 Å². The minimum atomic E-state index is 0.716. The molecule has 2 rings (SSSR count). The van der Waals surface area contributed by atoms with E-state index in [9.17, 15) is 0 Å². The van der Waals surface area contributed by atoms with Gasteiger partial charge >= 0.3 is 0 Å². The summed E-state index contributed by atoms with van der Waals surface area (Å²) in [6, 6.07) is 7.90. The SMILES string of the molecule is Clc1ccc(CCNCc2cnco2)cc1. The van der Waals surface area contributed by atoms with Gasteiger partial charge in [-0.15, -0.1) is 0 Å². The van der Waals surface area contributed by atoms with E-state index >= 15 is 0 Å². The minimum absolute atomic E-state index is 0.716. The van der Waals surface area contributed by atoms with Gasteiger partial charge in [0.25, 0.3) is 0 Å². The van der Waals surface area contributed by atoms with Crippen LogP contribution < -0.4 is 5.32 Å². The van der Waals surface area contributed by atoms with Crippen LogP contribution in [0, 0.1) is 0 Å². The largest absolute Gasteiger partial charge is 0.447 e. The number of benzene rings is 1. The first kappa shape index (κ1) is 11.2. The predicted octanol–water partition coefficient (Wildman–Crippen LogP) is 2.66. The molecule has 0 amide bonds. The highest BCUT2D eigenvalue weighted by Crippen LogP contribution is 2.09. The third kappa shape index (κ3) is 3.36. The second kappa shape index (κ2) is 5.68. The van der Waals surface area contributed by atoms with Gasteiger partial charge in [0.1, 0.15) is 5.76 Å². The van der Waals surface area contributed by atoms with Crippen molar-refractivity contribution in [1.29, 1.82) is 0 Å². The highest BCUT2D eigenvalue weighted by molar-refractivity contribution is 6.30. The van der Waals surface area contributed by atoms with Crippen LogP contribution in [0.1, 0.15) is 11.3 Å². The molecule has 0 atom stereocenters. The lowest BCUT2D eigenvalue weighted by molar-refractivity contribution is 0.480. The van der Waals surface area contributed by atoms with Crippen molar-refractivity contribution < 1.29 is 4.42 Å². The summed E-state index contributed by atoms with van der Waals surface area (Å²) >= 11 is 5.81. The molecule has 1 heterocycles. The molecule has 0 bridgehead atoms. The maximum Gasteiger partial charge on any atom is 0.180 e. The summed E-state index contributed by atoms with van der Waals surface area (Å²) in [6.45, 7) is 1.62. The standard InChI is InChI=1S/C12H13ClN2O/c13-11-3-1-10(2-4-11)5-6-14-7-12-8-15-9-16-12/h1-4,8-9,14H,5-7H2. The van der Waals surface area contributed by atoms with E-state index in [4.69, 9.17) is 16.0 Å². The zero-order valence-corrected chi connectivity index (χ0v) is 9.57. The van der Waals surface area contributed by atoms with Crippen LogP contribution in [0.5, 0.6) is 0 Å². The molecule has 0 unspecified atom stereocenters. The van der Waals surface area contributed by atoms with Gasteiger partial charge in [-0.05, 0) is 30.7 Å². The fourth-order valence-corrected chi connectivity index (χ4v) is 1.55. The van der Waals surface area contributed by atoms with Crippen molar-refractivity contribution in [3.8, 4) is 0 Å². The van der Waals surface area contributed by atoms with E-state index in [0.29, 0.717) is 6.54 Å². The average molecular weight is 237 g/mol. The Morgan fingerprint density at radius 2 is 2.06 bits per heavy atom. The van der Waals surface area contributed by atoms with Crippen molar-refractivity contribution in [3.63, 3.8) is 0 Å². The van der Waals surface area contributed by atoms with Crippen molar-refractivity contribution in [2.75, 3.05) is 6.54 Å². The van der Waals surface area contributed by atoms with Crippen molar-refractivity contribution in [3.05, 3.63) is 53.2 Å². The number of hydrogen-bond acceptors (Lipinski definition) is 3. The fraction of sp³-hybridized carbons (Fsp3) is 0.250. The van der Waals surface area contributed by atoms with E-state index in [-0.39, 0.29) is 0 Å². The van der Waals surface area contributed by atoms with Crippen molar-refractivity contribution in [2.24, 2.45) is 0 Å². The van der Waals surface area contributed by atoms with Gasteiger partial charge in [0.15, 0.2) is 6.39 Å². The summed E-state index contributed by atoms with van der Waals surface area (Å²) in [5.74, 6) is 0.858. The molecular weight excluding hydrogens is 224 g/mol. The second-order valence-electron chi connectivity index (χ2n) is 3.52. The van der Waals surface area contributed by atoms with E-state index < -0.39 is 0 Å². The molecule has 1 aromatic heterocycles. The Balaban J connectivity index is 1.70. The first-order valence-electron chi connectivity index (χ1n) is 5.17. The molecule has 0 radical (unpaired) electrons. The molecule has 0 aliphatic heterocycles. The Morgan fingerprint density at radius 3 is 2.75 bits per heavy atom.